The van der Waals surface area contributed by atoms with Crippen molar-refractivity contribution in [3.8, 4) is 0 Å². The van der Waals surface area contributed by atoms with E-state index in [9.17, 15) is 4.79 Å². The molecular formula is C17H21N3OS. The van der Waals surface area contributed by atoms with Gasteiger partial charge in [-0.3, -0.25) is 4.79 Å². The molecule has 22 heavy (non-hydrogen) atoms. The molecule has 2 aromatic rings. The van der Waals surface area contributed by atoms with Crippen LogP contribution in [-0.2, 0) is 0 Å². The Morgan fingerprint density at radius 3 is 2.59 bits per heavy atom. The summed E-state index contributed by atoms with van der Waals surface area (Å²) in [5.74, 6) is 0.847. The van der Waals surface area contributed by atoms with Crippen LogP contribution in [0.4, 0.5) is 0 Å². The Hall–Kier alpha value is -1.88. The first-order chi connectivity index (χ1) is 10.5. The molecule has 116 valence electrons. The number of aryl methyl sites for hydroxylation is 2. The van der Waals surface area contributed by atoms with Gasteiger partial charge in [0.1, 0.15) is 0 Å². The highest BCUT2D eigenvalue weighted by Crippen LogP contribution is 2.20. The number of carbonyl (C=O) groups is 1. The van der Waals surface area contributed by atoms with Crippen LogP contribution < -0.4 is 0 Å². The molecule has 4 nitrogen and oxygen atoms in total. The third kappa shape index (κ3) is 4.07. The van der Waals surface area contributed by atoms with Crippen molar-refractivity contribution in [2.45, 2.75) is 31.7 Å². The highest BCUT2D eigenvalue weighted by molar-refractivity contribution is 7.99. The quantitative estimate of drug-likeness (QED) is 0.794. The maximum Gasteiger partial charge on any atom is 0.255 e. The normalized spacial score (nSPS) is 12.0. The fourth-order valence-corrected chi connectivity index (χ4v) is 3.01. The van der Waals surface area contributed by atoms with Crippen LogP contribution in [0.25, 0.3) is 0 Å². The lowest BCUT2D eigenvalue weighted by Crippen LogP contribution is -2.37. The average molecular weight is 315 g/mol. The molecular weight excluding hydrogens is 294 g/mol. The Morgan fingerprint density at radius 1 is 1.23 bits per heavy atom. The van der Waals surface area contributed by atoms with Crippen molar-refractivity contribution in [1.29, 1.82) is 0 Å². The Labute approximate surface area is 135 Å². The molecule has 0 saturated carbocycles. The second kappa shape index (κ2) is 7.40. The van der Waals surface area contributed by atoms with E-state index in [1.165, 1.54) is 4.90 Å². The van der Waals surface area contributed by atoms with Crippen molar-refractivity contribution < 1.29 is 4.79 Å². The monoisotopic (exact) mass is 315 g/mol. The van der Waals surface area contributed by atoms with E-state index < -0.39 is 0 Å². The van der Waals surface area contributed by atoms with Gasteiger partial charge in [0, 0.05) is 23.7 Å². The predicted octanol–water partition coefficient (Wildman–Crippen LogP) is 3.35. The van der Waals surface area contributed by atoms with Crippen LogP contribution in [0.1, 0.15) is 28.7 Å². The molecule has 0 fully saturated rings. The summed E-state index contributed by atoms with van der Waals surface area (Å²) >= 11 is 1.75. The van der Waals surface area contributed by atoms with Crippen LogP contribution in [0, 0.1) is 13.8 Å². The van der Waals surface area contributed by atoms with E-state index in [0.29, 0.717) is 11.3 Å². The first kappa shape index (κ1) is 16.5. The minimum atomic E-state index is -0.00309. The molecule has 0 spiro atoms. The number of amides is 1. The minimum Gasteiger partial charge on any atom is -0.338 e. The van der Waals surface area contributed by atoms with Gasteiger partial charge in [0.15, 0.2) is 0 Å². The molecule has 0 radical (unpaired) electrons. The summed E-state index contributed by atoms with van der Waals surface area (Å²) in [4.78, 5) is 15.6. The van der Waals surface area contributed by atoms with Gasteiger partial charge in [-0.1, -0.05) is 18.2 Å². The number of carbonyl (C=O) groups excluding carboxylic acids is 1. The van der Waals surface area contributed by atoms with Gasteiger partial charge in [0.05, 0.1) is 17.0 Å². The molecule has 0 N–H and O–H groups in total. The van der Waals surface area contributed by atoms with Gasteiger partial charge >= 0.3 is 0 Å². The summed E-state index contributed by atoms with van der Waals surface area (Å²) in [6, 6.07) is 12.2. The summed E-state index contributed by atoms with van der Waals surface area (Å²) in [6.45, 7) is 5.72. The van der Waals surface area contributed by atoms with E-state index >= 15 is 0 Å². The molecule has 1 aromatic heterocycles. The van der Waals surface area contributed by atoms with E-state index in [1.807, 2.05) is 39.1 Å². The van der Waals surface area contributed by atoms with Gasteiger partial charge < -0.3 is 4.90 Å². The van der Waals surface area contributed by atoms with Crippen molar-refractivity contribution >= 4 is 17.7 Å². The van der Waals surface area contributed by atoms with Crippen LogP contribution in [0.2, 0.25) is 0 Å². The summed E-state index contributed by atoms with van der Waals surface area (Å²) in [5, 5.41) is 8.01. The lowest BCUT2D eigenvalue weighted by Gasteiger charge is -2.25. The lowest BCUT2D eigenvalue weighted by molar-refractivity contribution is 0.0756. The summed E-state index contributed by atoms with van der Waals surface area (Å²) in [7, 11) is 1.84. The number of benzene rings is 1. The maximum absolute atomic E-state index is 12.6. The zero-order valence-electron chi connectivity index (χ0n) is 13.4. The van der Waals surface area contributed by atoms with E-state index in [2.05, 4.69) is 29.3 Å². The fourth-order valence-electron chi connectivity index (χ4n) is 2.00. The smallest absolute Gasteiger partial charge is 0.255 e. The molecule has 1 aromatic carbocycles. The van der Waals surface area contributed by atoms with Crippen molar-refractivity contribution in [2.24, 2.45) is 0 Å². The van der Waals surface area contributed by atoms with Crippen LogP contribution >= 0.6 is 11.8 Å². The standard InChI is InChI=1S/C17H21N3OS/c1-12-10-16(14(3)19-18-12)17(21)20(4)13(2)11-22-15-8-6-5-7-9-15/h5-10,13H,11H2,1-4H3. The molecule has 1 unspecified atom stereocenters. The van der Waals surface area contributed by atoms with E-state index in [1.54, 1.807) is 22.7 Å². The van der Waals surface area contributed by atoms with Gasteiger partial charge in [-0.05, 0) is 39.0 Å². The largest absolute Gasteiger partial charge is 0.338 e. The molecule has 1 amide bonds. The van der Waals surface area contributed by atoms with Crippen molar-refractivity contribution in [3.05, 3.63) is 53.3 Å². The number of hydrogen-bond acceptors (Lipinski definition) is 4. The van der Waals surface area contributed by atoms with Crippen LogP contribution in [0.3, 0.4) is 0 Å². The van der Waals surface area contributed by atoms with E-state index in [0.717, 1.165) is 11.4 Å². The molecule has 0 aliphatic carbocycles. The maximum atomic E-state index is 12.6. The van der Waals surface area contributed by atoms with Crippen LogP contribution in [-0.4, -0.2) is 39.8 Å². The number of rotatable bonds is 5. The average Bonchev–Trinajstić information content (AvgIpc) is 2.54. The van der Waals surface area contributed by atoms with Gasteiger partial charge in [0.2, 0.25) is 0 Å². The number of nitrogens with zero attached hydrogens (tertiary/aromatic N) is 3. The molecule has 5 heteroatoms. The fraction of sp³-hybridized carbons (Fsp3) is 0.353. The topological polar surface area (TPSA) is 46.1 Å². The van der Waals surface area contributed by atoms with E-state index in [4.69, 9.17) is 0 Å². The number of hydrogen-bond donors (Lipinski definition) is 0. The highest BCUT2D eigenvalue weighted by Gasteiger charge is 2.20. The Balaban J connectivity index is 2.02. The van der Waals surface area contributed by atoms with Crippen LogP contribution in [0.5, 0.6) is 0 Å². The van der Waals surface area contributed by atoms with Crippen LogP contribution in [0.15, 0.2) is 41.3 Å². The third-order valence-electron chi connectivity index (χ3n) is 3.55. The molecule has 0 saturated heterocycles. The highest BCUT2D eigenvalue weighted by atomic mass is 32.2. The summed E-state index contributed by atoms with van der Waals surface area (Å²) < 4.78 is 0. The SMILES string of the molecule is Cc1cc(C(=O)N(C)C(C)CSc2ccccc2)c(C)nn1. The van der Waals surface area contributed by atoms with Crippen molar-refractivity contribution in [1.82, 2.24) is 15.1 Å². The minimum absolute atomic E-state index is 0.00309. The summed E-state index contributed by atoms with van der Waals surface area (Å²) in [5.41, 5.74) is 2.06. The Morgan fingerprint density at radius 2 is 1.91 bits per heavy atom. The number of aromatic nitrogens is 2. The van der Waals surface area contributed by atoms with E-state index in [-0.39, 0.29) is 11.9 Å². The molecule has 0 aliphatic rings. The third-order valence-corrected chi connectivity index (χ3v) is 4.80. The predicted molar refractivity (Wildman–Crippen MR) is 90.2 cm³/mol. The molecule has 2 rings (SSSR count). The molecule has 0 aliphatic heterocycles. The first-order valence-electron chi connectivity index (χ1n) is 7.25. The second-order valence-corrected chi connectivity index (χ2v) is 6.47. The zero-order chi connectivity index (χ0) is 16.1. The summed E-state index contributed by atoms with van der Waals surface area (Å²) in [6.07, 6.45) is 0. The lowest BCUT2D eigenvalue weighted by atomic mass is 10.1. The Bertz CT molecular complexity index is 646. The van der Waals surface area contributed by atoms with Crippen molar-refractivity contribution in [2.75, 3.05) is 12.8 Å². The van der Waals surface area contributed by atoms with Gasteiger partial charge in [0.25, 0.3) is 5.91 Å². The molecule has 0 bridgehead atoms. The first-order valence-corrected chi connectivity index (χ1v) is 8.23. The zero-order valence-corrected chi connectivity index (χ0v) is 14.2. The van der Waals surface area contributed by atoms with Gasteiger partial charge in [-0.2, -0.15) is 10.2 Å². The van der Waals surface area contributed by atoms with Gasteiger partial charge in [-0.25, -0.2) is 0 Å². The molecule has 1 atom stereocenters. The second-order valence-electron chi connectivity index (χ2n) is 5.37. The van der Waals surface area contributed by atoms with Gasteiger partial charge in [-0.15, -0.1) is 11.8 Å². The van der Waals surface area contributed by atoms with Crippen molar-refractivity contribution in [3.63, 3.8) is 0 Å². The Kier molecular flexibility index (Phi) is 5.55. The molecule has 1 heterocycles. The number of thioether (sulfide) groups is 1.